The molecule has 2 aromatic rings. The van der Waals surface area contributed by atoms with Crippen LogP contribution in [0.1, 0.15) is 5.56 Å². The zero-order valence-corrected chi connectivity index (χ0v) is 11.1. The van der Waals surface area contributed by atoms with Crippen LogP contribution in [0, 0.1) is 11.3 Å². The molecule has 0 aromatic heterocycles. The van der Waals surface area contributed by atoms with E-state index >= 15 is 0 Å². The first-order valence-electron chi connectivity index (χ1n) is 5.21. The summed E-state index contributed by atoms with van der Waals surface area (Å²) in [4.78, 5) is -0.000685. The SMILES string of the molecule is N#Cc1cccc(OS(=O)(=O)c2ccc(Cl)cc2)c1. The van der Waals surface area contributed by atoms with Gasteiger partial charge in [0.2, 0.25) is 0 Å². The van der Waals surface area contributed by atoms with E-state index in [9.17, 15) is 8.42 Å². The Kier molecular flexibility index (Phi) is 3.74. The number of hydrogen-bond donors (Lipinski definition) is 0. The highest BCUT2D eigenvalue weighted by Gasteiger charge is 2.16. The molecule has 4 nitrogen and oxygen atoms in total. The van der Waals surface area contributed by atoms with Crippen LogP contribution in [0.3, 0.4) is 0 Å². The van der Waals surface area contributed by atoms with Crippen molar-refractivity contribution >= 4 is 21.7 Å². The van der Waals surface area contributed by atoms with Crippen molar-refractivity contribution in [2.75, 3.05) is 0 Å². The van der Waals surface area contributed by atoms with E-state index in [1.807, 2.05) is 6.07 Å². The fourth-order valence-corrected chi connectivity index (χ4v) is 2.44. The molecule has 2 rings (SSSR count). The molecule has 0 radical (unpaired) electrons. The maximum Gasteiger partial charge on any atom is 0.339 e. The monoisotopic (exact) mass is 293 g/mol. The lowest BCUT2D eigenvalue weighted by Crippen LogP contribution is -2.09. The Hall–Kier alpha value is -2.03. The topological polar surface area (TPSA) is 67.2 Å². The Bertz CT molecular complexity index is 733. The molecule has 0 atom stereocenters. The van der Waals surface area contributed by atoms with Crippen molar-refractivity contribution in [1.29, 1.82) is 5.26 Å². The van der Waals surface area contributed by atoms with Crippen LogP contribution in [0.5, 0.6) is 5.75 Å². The molecule has 19 heavy (non-hydrogen) atoms. The molecule has 0 bridgehead atoms. The lowest BCUT2D eigenvalue weighted by Gasteiger charge is -2.07. The molecule has 2 aromatic carbocycles. The lowest BCUT2D eigenvalue weighted by molar-refractivity contribution is 0.486. The minimum absolute atomic E-state index is 0.000685. The maximum atomic E-state index is 12.0. The van der Waals surface area contributed by atoms with Crippen molar-refractivity contribution in [3.63, 3.8) is 0 Å². The smallest absolute Gasteiger partial charge is 0.339 e. The van der Waals surface area contributed by atoms with Gasteiger partial charge in [0.25, 0.3) is 0 Å². The molecule has 0 aliphatic carbocycles. The van der Waals surface area contributed by atoms with Crippen molar-refractivity contribution in [3.8, 4) is 11.8 Å². The highest BCUT2D eigenvalue weighted by Crippen LogP contribution is 2.20. The van der Waals surface area contributed by atoms with Crippen LogP contribution >= 0.6 is 11.6 Å². The molecular weight excluding hydrogens is 286 g/mol. The van der Waals surface area contributed by atoms with E-state index in [0.29, 0.717) is 10.6 Å². The Labute approximate surface area is 115 Å². The summed E-state index contributed by atoms with van der Waals surface area (Å²) in [6.45, 7) is 0. The summed E-state index contributed by atoms with van der Waals surface area (Å²) in [6.07, 6.45) is 0. The summed E-state index contributed by atoms with van der Waals surface area (Å²) in [5, 5.41) is 9.17. The summed E-state index contributed by atoms with van der Waals surface area (Å²) in [5.74, 6) is 0.0917. The third kappa shape index (κ3) is 3.25. The number of nitrogens with zero attached hydrogens (tertiary/aromatic N) is 1. The van der Waals surface area contributed by atoms with E-state index in [2.05, 4.69) is 0 Å². The summed E-state index contributed by atoms with van der Waals surface area (Å²) in [7, 11) is -3.92. The van der Waals surface area contributed by atoms with Gasteiger partial charge in [0.1, 0.15) is 10.6 Å². The average Bonchev–Trinajstić information content (AvgIpc) is 2.39. The van der Waals surface area contributed by atoms with Gasteiger partial charge in [0.15, 0.2) is 0 Å². The summed E-state index contributed by atoms with van der Waals surface area (Å²) in [5.41, 5.74) is 0.323. The number of hydrogen-bond acceptors (Lipinski definition) is 4. The van der Waals surface area contributed by atoms with Crippen LogP contribution < -0.4 is 4.18 Å². The number of benzene rings is 2. The number of rotatable bonds is 3. The maximum absolute atomic E-state index is 12.0. The van der Waals surface area contributed by atoms with Gasteiger partial charge in [-0.3, -0.25) is 0 Å². The first kappa shape index (κ1) is 13.4. The molecule has 0 aliphatic rings. The summed E-state index contributed by atoms with van der Waals surface area (Å²) < 4.78 is 28.9. The van der Waals surface area contributed by atoms with E-state index < -0.39 is 10.1 Å². The average molecular weight is 294 g/mol. The van der Waals surface area contributed by atoms with Gasteiger partial charge < -0.3 is 4.18 Å². The second kappa shape index (κ2) is 5.31. The standard InChI is InChI=1S/C13H8ClNO3S/c14-11-4-6-13(7-5-11)19(16,17)18-12-3-1-2-10(8-12)9-15/h1-8H. The van der Waals surface area contributed by atoms with E-state index in [-0.39, 0.29) is 10.6 Å². The zero-order valence-electron chi connectivity index (χ0n) is 9.58. The minimum Gasteiger partial charge on any atom is -0.379 e. The fourth-order valence-electron chi connectivity index (χ4n) is 1.39. The Morgan fingerprint density at radius 3 is 2.42 bits per heavy atom. The van der Waals surface area contributed by atoms with Crippen LogP contribution in [0.25, 0.3) is 0 Å². The molecule has 0 saturated heterocycles. The van der Waals surface area contributed by atoms with Gasteiger partial charge in [-0.15, -0.1) is 0 Å². The van der Waals surface area contributed by atoms with Gasteiger partial charge in [-0.1, -0.05) is 17.7 Å². The fraction of sp³-hybridized carbons (Fsp3) is 0. The summed E-state index contributed by atoms with van der Waals surface area (Å²) in [6, 6.07) is 13.5. The van der Waals surface area contributed by atoms with E-state index in [1.54, 1.807) is 12.1 Å². The van der Waals surface area contributed by atoms with Crippen molar-refractivity contribution in [2.45, 2.75) is 4.90 Å². The lowest BCUT2D eigenvalue weighted by atomic mass is 10.2. The summed E-state index contributed by atoms with van der Waals surface area (Å²) >= 11 is 5.69. The van der Waals surface area contributed by atoms with Crippen LogP contribution in [-0.2, 0) is 10.1 Å². The van der Waals surface area contributed by atoms with Crippen LogP contribution in [0.15, 0.2) is 53.4 Å². The molecule has 0 aliphatic heterocycles. The van der Waals surface area contributed by atoms with Crippen molar-refractivity contribution in [3.05, 3.63) is 59.1 Å². The third-order valence-corrected chi connectivity index (χ3v) is 3.78. The predicted octanol–water partition coefficient (Wildman–Crippen LogP) is 2.98. The van der Waals surface area contributed by atoms with E-state index in [1.165, 1.54) is 36.4 Å². The van der Waals surface area contributed by atoms with Crippen molar-refractivity contribution in [2.24, 2.45) is 0 Å². The number of halogens is 1. The van der Waals surface area contributed by atoms with Gasteiger partial charge in [0.05, 0.1) is 11.6 Å². The Balaban J connectivity index is 2.31. The van der Waals surface area contributed by atoms with Gasteiger partial charge >= 0.3 is 10.1 Å². The normalized spacial score (nSPS) is 10.7. The van der Waals surface area contributed by atoms with Crippen molar-refractivity contribution in [1.82, 2.24) is 0 Å². The Morgan fingerprint density at radius 2 is 1.79 bits per heavy atom. The van der Waals surface area contributed by atoms with Gasteiger partial charge in [-0.05, 0) is 42.5 Å². The second-order valence-corrected chi connectivity index (χ2v) is 5.61. The predicted molar refractivity (Wildman–Crippen MR) is 70.4 cm³/mol. The molecule has 0 spiro atoms. The van der Waals surface area contributed by atoms with E-state index in [4.69, 9.17) is 21.0 Å². The van der Waals surface area contributed by atoms with Gasteiger partial charge in [0, 0.05) is 5.02 Å². The highest BCUT2D eigenvalue weighted by atomic mass is 35.5. The van der Waals surface area contributed by atoms with Crippen LogP contribution in [0.2, 0.25) is 5.02 Å². The zero-order chi connectivity index (χ0) is 13.9. The van der Waals surface area contributed by atoms with Crippen LogP contribution in [-0.4, -0.2) is 8.42 Å². The highest BCUT2D eigenvalue weighted by molar-refractivity contribution is 7.87. The van der Waals surface area contributed by atoms with Gasteiger partial charge in [-0.2, -0.15) is 13.7 Å². The first-order valence-corrected chi connectivity index (χ1v) is 7.00. The van der Waals surface area contributed by atoms with E-state index in [0.717, 1.165) is 0 Å². The van der Waals surface area contributed by atoms with Crippen LogP contribution in [0.4, 0.5) is 0 Å². The molecule has 96 valence electrons. The largest absolute Gasteiger partial charge is 0.379 e. The molecule has 0 amide bonds. The molecular formula is C13H8ClNO3S. The molecule has 0 fully saturated rings. The van der Waals surface area contributed by atoms with Crippen molar-refractivity contribution < 1.29 is 12.6 Å². The number of nitriles is 1. The molecule has 0 saturated carbocycles. The first-order chi connectivity index (χ1) is 9.01. The third-order valence-electron chi connectivity index (χ3n) is 2.27. The molecule has 6 heteroatoms. The molecule has 0 N–H and O–H groups in total. The molecule has 0 heterocycles. The van der Waals surface area contributed by atoms with Gasteiger partial charge in [-0.25, -0.2) is 0 Å². The second-order valence-electron chi connectivity index (χ2n) is 3.63. The minimum atomic E-state index is -3.92. The molecule has 0 unspecified atom stereocenters. The quantitative estimate of drug-likeness (QED) is 0.816. The Morgan fingerprint density at radius 1 is 1.11 bits per heavy atom.